The summed E-state index contributed by atoms with van der Waals surface area (Å²) in [4.78, 5) is 32.6. The number of esters is 1. The van der Waals surface area contributed by atoms with Gasteiger partial charge in [0, 0.05) is 8.95 Å². The highest BCUT2D eigenvalue weighted by molar-refractivity contribution is 9.10. The van der Waals surface area contributed by atoms with Gasteiger partial charge in [-0.2, -0.15) is 0 Å². The van der Waals surface area contributed by atoms with E-state index >= 15 is 0 Å². The molecule has 0 radical (unpaired) electrons. The van der Waals surface area contributed by atoms with Crippen LogP contribution in [-0.4, -0.2) is 38.0 Å². The van der Waals surface area contributed by atoms with Gasteiger partial charge < -0.3 is 23.7 Å². The van der Waals surface area contributed by atoms with Gasteiger partial charge in [-0.3, -0.25) is 9.36 Å². The maximum absolute atomic E-state index is 14.2. The van der Waals surface area contributed by atoms with Gasteiger partial charge >= 0.3 is 5.97 Å². The Morgan fingerprint density at radius 2 is 1.65 bits per heavy atom. The van der Waals surface area contributed by atoms with Gasteiger partial charge in [0.15, 0.2) is 27.8 Å². The van der Waals surface area contributed by atoms with Crippen LogP contribution in [0.4, 0.5) is 0 Å². The number of carbonyl (C=O) groups excluding carboxylic acids is 1. The van der Waals surface area contributed by atoms with Crippen LogP contribution >= 0.6 is 43.2 Å². The van der Waals surface area contributed by atoms with Crippen LogP contribution in [0.25, 0.3) is 6.08 Å². The van der Waals surface area contributed by atoms with Gasteiger partial charge in [-0.15, -0.1) is 0 Å². The first kappa shape index (κ1) is 33.5. The highest BCUT2D eigenvalue weighted by Gasteiger charge is 2.35. The summed E-state index contributed by atoms with van der Waals surface area (Å²) in [5, 5.41) is 0. The van der Waals surface area contributed by atoms with E-state index in [4.69, 9.17) is 23.7 Å². The van der Waals surface area contributed by atoms with E-state index in [9.17, 15) is 9.59 Å². The molecule has 3 aromatic carbocycles. The van der Waals surface area contributed by atoms with E-state index in [1.54, 1.807) is 39.2 Å². The van der Waals surface area contributed by atoms with Crippen molar-refractivity contribution in [3.8, 4) is 23.0 Å². The summed E-state index contributed by atoms with van der Waals surface area (Å²) < 4.78 is 32.0. The number of allylic oxidation sites excluding steroid dienone is 1. The number of carbonyl (C=O) groups is 1. The smallest absolute Gasteiger partial charge is 0.338 e. The third-order valence-corrected chi connectivity index (χ3v) is 9.39. The van der Waals surface area contributed by atoms with Crippen LogP contribution in [0.1, 0.15) is 43.5 Å². The molecular formula is C34H32Br2N2O7S. The summed E-state index contributed by atoms with van der Waals surface area (Å²) in [5.74, 6) is 1.56. The molecule has 0 saturated heterocycles. The monoisotopic (exact) mass is 770 g/mol. The Kier molecular flexibility index (Phi) is 10.7. The van der Waals surface area contributed by atoms with Gasteiger partial charge in [-0.1, -0.05) is 61.4 Å². The predicted molar refractivity (Wildman–Crippen MR) is 184 cm³/mol. The number of ether oxygens (including phenoxy) is 5. The number of hydrogen-bond acceptors (Lipinski definition) is 9. The number of nitrogens with zero attached hydrogens (tertiary/aromatic N) is 2. The summed E-state index contributed by atoms with van der Waals surface area (Å²) >= 11 is 8.32. The molecule has 1 aliphatic heterocycles. The lowest BCUT2D eigenvalue weighted by molar-refractivity contribution is -0.139. The Morgan fingerprint density at radius 1 is 0.935 bits per heavy atom. The van der Waals surface area contributed by atoms with E-state index in [1.165, 1.54) is 23.0 Å². The molecule has 9 nitrogen and oxygen atoms in total. The molecule has 4 aromatic rings. The average molecular weight is 773 g/mol. The van der Waals surface area contributed by atoms with Crippen molar-refractivity contribution in [3.05, 3.63) is 111 Å². The predicted octanol–water partition coefficient (Wildman–Crippen LogP) is 6.32. The van der Waals surface area contributed by atoms with Crippen LogP contribution in [0.15, 0.2) is 84.6 Å². The first-order valence-electron chi connectivity index (χ1n) is 14.4. The Balaban J connectivity index is 1.60. The Labute approximate surface area is 287 Å². The van der Waals surface area contributed by atoms with Crippen LogP contribution in [0.2, 0.25) is 0 Å². The second kappa shape index (κ2) is 14.7. The van der Waals surface area contributed by atoms with Crippen LogP contribution in [-0.2, 0) is 16.1 Å². The van der Waals surface area contributed by atoms with Gasteiger partial charge in [0.2, 0.25) is 0 Å². The summed E-state index contributed by atoms with van der Waals surface area (Å²) in [6, 6.07) is 16.1. The number of hydrogen-bond donors (Lipinski definition) is 0. The summed E-state index contributed by atoms with van der Waals surface area (Å²) in [7, 11) is 3.07. The zero-order valence-corrected chi connectivity index (χ0v) is 29.9. The fraction of sp³-hybridized carbons (Fsp3) is 0.265. The molecule has 1 atom stereocenters. The minimum atomic E-state index is -0.833. The van der Waals surface area contributed by atoms with Crippen molar-refractivity contribution < 1.29 is 28.5 Å². The average Bonchev–Trinajstić information content (AvgIpc) is 3.34. The Bertz CT molecular complexity index is 1980. The second-order valence-corrected chi connectivity index (χ2v) is 12.9. The van der Waals surface area contributed by atoms with E-state index in [2.05, 4.69) is 36.9 Å². The largest absolute Gasteiger partial charge is 0.493 e. The fourth-order valence-electron chi connectivity index (χ4n) is 5.06. The Hall–Kier alpha value is -3.87. The van der Waals surface area contributed by atoms with Crippen molar-refractivity contribution in [2.45, 2.75) is 33.4 Å². The molecule has 0 fully saturated rings. The molecule has 1 aromatic heterocycles. The molecule has 0 N–H and O–H groups in total. The quantitative estimate of drug-likeness (QED) is 0.165. The lowest BCUT2D eigenvalue weighted by Crippen LogP contribution is -2.40. The minimum Gasteiger partial charge on any atom is -0.493 e. The van der Waals surface area contributed by atoms with Gasteiger partial charge in [-0.25, -0.2) is 9.79 Å². The zero-order chi connectivity index (χ0) is 33.0. The first-order valence-corrected chi connectivity index (χ1v) is 16.8. The molecule has 0 unspecified atom stereocenters. The first-order chi connectivity index (χ1) is 22.2. The van der Waals surface area contributed by atoms with Crippen LogP contribution < -0.4 is 33.8 Å². The SMILES string of the molecule is CCOC(=O)C1=C(C)N=c2s/c(=C\c3ccc(OCc4ccc(Br)cc4)c(OCC)c3)c(=O)n2[C@@H]1c1cc(OC)c(OC)cc1Br. The lowest BCUT2D eigenvalue weighted by atomic mass is 9.95. The topological polar surface area (TPSA) is 97.6 Å². The van der Waals surface area contributed by atoms with Crippen molar-refractivity contribution in [2.75, 3.05) is 27.4 Å². The number of rotatable bonds is 11. The second-order valence-electron chi connectivity index (χ2n) is 10.1. The number of halogens is 2. The highest BCUT2D eigenvalue weighted by atomic mass is 79.9. The van der Waals surface area contributed by atoms with Crippen LogP contribution in [0.3, 0.4) is 0 Å². The van der Waals surface area contributed by atoms with Crippen molar-refractivity contribution in [2.24, 2.45) is 4.99 Å². The molecule has 0 saturated carbocycles. The van der Waals surface area contributed by atoms with Gasteiger partial charge in [-0.05, 0) is 79.9 Å². The fourth-order valence-corrected chi connectivity index (χ4v) is 6.91. The molecule has 0 amide bonds. The van der Waals surface area contributed by atoms with Crippen LogP contribution in [0, 0.1) is 0 Å². The normalized spacial score (nSPS) is 14.4. The van der Waals surface area contributed by atoms with Crippen LogP contribution in [0.5, 0.6) is 23.0 Å². The molecule has 1 aliphatic rings. The maximum atomic E-state index is 14.2. The molecule has 46 heavy (non-hydrogen) atoms. The van der Waals surface area contributed by atoms with Crippen molar-refractivity contribution in [1.82, 2.24) is 4.57 Å². The molecule has 2 heterocycles. The van der Waals surface area contributed by atoms with E-state index in [1.807, 2.05) is 49.4 Å². The summed E-state index contributed by atoms with van der Waals surface area (Å²) in [6.45, 7) is 6.36. The van der Waals surface area contributed by atoms with E-state index < -0.39 is 12.0 Å². The maximum Gasteiger partial charge on any atom is 0.338 e. The molecule has 0 spiro atoms. The van der Waals surface area contributed by atoms with E-state index in [-0.39, 0.29) is 17.7 Å². The van der Waals surface area contributed by atoms with Crippen molar-refractivity contribution >= 4 is 55.2 Å². The third kappa shape index (κ3) is 6.93. The van der Waals surface area contributed by atoms with Crippen molar-refractivity contribution in [1.29, 1.82) is 0 Å². The standard InChI is InChI=1S/C34H32Br2N2O7S/c1-6-43-28-14-21(10-13-25(28)45-18-20-8-11-22(35)12-9-20)15-29-32(39)38-31(23-16-26(41-4)27(42-5)17-24(23)36)30(33(40)44-7-2)19(3)37-34(38)46-29/h8-17,31H,6-7,18H2,1-5H3/b29-15-/t31-/m1/s1. The molecule has 240 valence electrons. The zero-order valence-electron chi connectivity index (χ0n) is 25.9. The number of methoxy groups -OCH3 is 2. The number of thiazole rings is 1. The van der Waals surface area contributed by atoms with Crippen molar-refractivity contribution in [3.63, 3.8) is 0 Å². The number of aromatic nitrogens is 1. The molecular weight excluding hydrogens is 740 g/mol. The number of fused-ring (bicyclic) bond motifs is 1. The van der Waals surface area contributed by atoms with Gasteiger partial charge in [0.25, 0.3) is 5.56 Å². The third-order valence-electron chi connectivity index (χ3n) is 7.19. The lowest BCUT2D eigenvalue weighted by Gasteiger charge is -2.26. The minimum absolute atomic E-state index is 0.171. The summed E-state index contributed by atoms with van der Waals surface area (Å²) in [6.07, 6.45) is 1.79. The summed E-state index contributed by atoms with van der Waals surface area (Å²) in [5.41, 5.74) is 2.80. The molecule has 0 aliphatic carbocycles. The molecule has 12 heteroatoms. The Morgan fingerprint density at radius 3 is 2.33 bits per heavy atom. The molecule has 0 bridgehead atoms. The van der Waals surface area contributed by atoms with Gasteiger partial charge in [0.1, 0.15) is 6.61 Å². The van der Waals surface area contributed by atoms with E-state index in [0.717, 1.165) is 15.6 Å². The number of benzene rings is 3. The molecule has 5 rings (SSSR count). The highest BCUT2D eigenvalue weighted by Crippen LogP contribution is 2.41. The van der Waals surface area contributed by atoms with E-state index in [0.29, 0.717) is 61.3 Å². The van der Waals surface area contributed by atoms with Gasteiger partial charge in [0.05, 0.1) is 49.3 Å².